The zero-order valence-electron chi connectivity index (χ0n) is 9.23. The average Bonchev–Trinajstić information content (AvgIpc) is 2.47. The van der Waals surface area contributed by atoms with E-state index in [0.29, 0.717) is 4.75 Å². The quantitative estimate of drug-likeness (QED) is 0.686. The molecule has 1 heterocycles. The summed E-state index contributed by atoms with van der Waals surface area (Å²) in [7, 11) is 0. The fraction of sp³-hybridized carbons (Fsp3) is 1.00. The van der Waals surface area contributed by atoms with Gasteiger partial charge in [-0.15, -0.1) is 0 Å². The van der Waals surface area contributed by atoms with Crippen molar-refractivity contribution in [3.8, 4) is 0 Å². The molecule has 1 rings (SSSR count). The molecule has 0 bridgehead atoms. The monoisotopic (exact) mass is 201 g/mol. The largest absolute Gasteiger partial charge is 0.315 e. The summed E-state index contributed by atoms with van der Waals surface area (Å²) in [6.07, 6.45) is 4.11. The summed E-state index contributed by atoms with van der Waals surface area (Å²) in [6.45, 7) is 9.35. The molecule has 1 atom stereocenters. The minimum absolute atomic E-state index is 0.539. The van der Waals surface area contributed by atoms with Crippen LogP contribution in [0.3, 0.4) is 0 Å². The Kier molecular flexibility index (Phi) is 4.60. The lowest BCUT2D eigenvalue weighted by Gasteiger charge is -2.23. The Bertz CT molecular complexity index is 139. The zero-order chi connectivity index (χ0) is 9.73. The van der Waals surface area contributed by atoms with Crippen LogP contribution in [0.15, 0.2) is 0 Å². The van der Waals surface area contributed by atoms with Crippen molar-refractivity contribution in [2.75, 3.05) is 18.8 Å². The van der Waals surface area contributed by atoms with Gasteiger partial charge in [0, 0.05) is 11.3 Å². The third-order valence-electron chi connectivity index (χ3n) is 2.70. The molecule has 1 N–H and O–H groups in total. The Morgan fingerprint density at radius 3 is 2.77 bits per heavy atom. The van der Waals surface area contributed by atoms with Gasteiger partial charge in [0.15, 0.2) is 0 Å². The van der Waals surface area contributed by atoms with E-state index >= 15 is 0 Å². The molecule has 0 saturated carbocycles. The van der Waals surface area contributed by atoms with Crippen molar-refractivity contribution in [2.45, 2.75) is 44.8 Å². The maximum atomic E-state index is 3.58. The fourth-order valence-electron chi connectivity index (χ4n) is 1.72. The van der Waals surface area contributed by atoms with Gasteiger partial charge in [0.2, 0.25) is 0 Å². The molecule has 1 saturated heterocycles. The number of hydrogen-bond donors (Lipinski definition) is 1. The van der Waals surface area contributed by atoms with Crippen LogP contribution in [-0.4, -0.2) is 23.6 Å². The Labute approximate surface area is 87.1 Å². The van der Waals surface area contributed by atoms with Crippen LogP contribution in [-0.2, 0) is 0 Å². The SMILES string of the molecule is CC(C)CCNCC1(C)CCCS1. The van der Waals surface area contributed by atoms with Gasteiger partial charge in [-0.25, -0.2) is 0 Å². The highest BCUT2D eigenvalue weighted by Crippen LogP contribution is 2.36. The summed E-state index contributed by atoms with van der Waals surface area (Å²) >= 11 is 2.14. The first-order chi connectivity index (χ1) is 6.12. The van der Waals surface area contributed by atoms with E-state index in [9.17, 15) is 0 Å². The molecule has 1 nitrogen and oxygen atoms in total. The summed E-state index contributed by atoms with van der Waals surface area (Å²) in [4.78, 5) is 0. The van der Waals surface area contributed by atoms with Crippen molar-refractivity contribution in [3.05, 3.63) is 0 Å². The summed E-state index contributed by atoms with van der Waals surface area (Å²) in [5, 5.41) is 3.58. The van der Waals surface area contributed by atoms with Crippen LogP contribution in [0.25, 0.3) is 0 Å². The van der Waals surface area contributed by atoms with Crippen LogP contribution >= 0.6 is 11.8 Å². The number of thioether (sulfide) groups is 1. The molecule has 0 radical (unpaired) electrons. The van der Waals surface area contributed by atoms with Crippen LogP contribution in [0.5, 0.6) is 0 Å². The second-order valence-corrected chi connectivity index (χ2v) is 6.44. The van der Waals surface area contributed by atoms with E-state index in [4.69, 9.17) is 0 Å². The van der Waals surface area contributed by atoms with Gasteiger partial charge >= 0.3 is 0 Å². The first-order valence-corrected chi connectivity index (χ1v) is 6.46. The van der Waals surface area contributed by atoms with Crippen LogP contribution in [0.4, 0.5) is 0 Å². The topological polar surface area (TPSA) is 12.0 Å². The highest BCUT2D eigenvalue weighted by Gasteiger charge is 2.28. The number of hydrogen-bond acceptors (Lipinski definition) is 2. The van der Waals surface area contributed by atoms with E-state index in [1.165, 1.54) is 38.1 Å². The van der Waals surface area contributed by atoms with Crippen molar-refractivity contribution >= 4 is 11.8 Å². The molecule has 1 fully saturated rings. The minimum atomic E-state index is 0.539. The Morgan fingerprint density at radius 2 is 2.23 bits per heavy atom. The van der Waals surface area contributed by atoms with E-state index < -0.39 is 0 Å². The first-order valence-electron chi connectivity index (χ1n) is 5.47. The molecule has 0 aromatic heterocycles. The Hall–Kier alpha value is 0.310. The highest BCUT2D eigenvalue weighted by atomic mass is 32.2. The molecular formula is C11H23NS. The molecule has 1 unspecified atom stereocenters. The number of nitrogens with one attached hydrogen (secondary N) is 1. The fourth-order valence-corrected chi connectivity index (χ4v) is 2.99. The maximum Gasteiger partial charge on any atom is 0.0256 e. The summed E-state index contributed by atoms with van der Waals surface area (Å²) in [6, 6.07) is 0. The van der Waals surface area contributed by atoms with Gasteiger partial charge in [-0.05, 0) is 44.4 Å². The summed E-state index contributed by atoms with van der Waals surface area (Å²) < 4.78 is 0.539. The third kappa shape index (κ3) is 4.37. The van der Waals surface area contributed by atoms with Crippen molar-refractivity contribution < 1.29 is 0 Å². The smallest absolute Gasteiger partial charge is 0.0256 e. The van der Waals surface area contributed by atoms with Crippen molar-refractivity contribution in [3.63, 3.8) is 0 Å². The predicted molar refractivity (Wildman–Crippen MR) is 62.4 cm³/mol. The molecule has 0 aromatic carbocycles. The lowest BCUT2D eigenvalue weighted by Crippen LogP contribution is -2.33. The average molecular weight is 201 g/mol. The minimum Gasteiger partial charge on any atom is -0.315 e. The molecule has 1 aliphatic heterocycles. The van der Waals surface area contributed by atoms with E-state index in [1.54, 1.807) is 0 Å². The van der Waals surface area contributed by atoms with Gasteiger partial charge < -0.3 is 5.32 Å². The van der Waals surface area contributed by atoms with Crippen LogP contribution < -0.4 is 5.32 Å². The maximum absolute atomic E-state index is 3.58. The summed E-state index contributed by atoms with van der Waals surface area (Å²) in [5.74, 6) is 2.19. The van der Waals surface area contributed by atoms with E-state index in [2.05, 4.69) is 37.8 Å². The Morgan fingerprint density at radius 1 is 1.46 bits per heavy atom. The summed E-state index contributed by atoms with van der Waals surface area (Å²) in [5.41, 5.74) is 0. The van der Waals surface area contributed by atoms with E-state index in [1.807, 2.05) is 0 Å². The van der Waals surface area contributed by atoms with Crippen molar-refractivity contribution in [1.82, 2.24) is 5.32 Å². The van der Waals surface area contributed by atoms with Gasteiger partial charge in [0.1, 0.15) is 0 Å². The second kappa shape index (κ2) is 5.26. The van der Waals surface area contributed by atoms with Gasteiger partial charge in [-0.1, -0.05) is 13.8 Å². The van der Waals surface area contributed by atoms with E-state index in [-0.39, 0.29) is 0 Å². The van der Waals surface area contributed by atoms with Gasteiger partial charge in [0.25, 0.3) is 0 Å². The first kappa shape index (κ1) is 11.4. The standard InChI is InChI=1S/C11H23NS/c1-10(2)5-7-12-9-11(3)6-4-8-13-11/h10,12H,4-9H2,1-3H3. The van der Waals surface area contributed by atoms with Gasteiger partial charge in [-0.3, -0.25) is 0 Å². The Balaban J connectivity index is 2.04. The number of rotatable bonds is 5. The van der Waals surface area contributed by atoms with Crippen LogP contribution in [0.2, 0.25) is 0 Å². The molecule has 78 valence electrons. The predicted octanol–water partition coefficient (Wildman–Crippen LogP) is 2.91. The molecule has 13 heavy (non-hydrogen) atoms. The van der Waals surface area contributed by atoms with Crippen LogP contribution in [0.1, 0.15) is 40.0 Å². The molecular weight excluding hydrogens is 178 g/mol. The van der Waals surface area contributed by atoms with Crippen molar-refractivity contribution in [2.24, 2.45) is 5.92 Å². The van der Waals surface area contributed by atoms with Gasteiger partial charge in [0.05, 0.1) is 0 Å². The van der Waals surface area contributed by atoms with Crippen molar-refractivity contribution in [1.29, 1.82) is 0 Å². The molecule has 2 heteroatoms. The zero-order valence-corrected chi connectivity index (χ0v) is 10.0. The molecule has 0 spiro atoms. The van der Waals surface area contributed by atoms with Crippen LogP contribution in [0, 0.1) is 5.92 Å². The molecule has 0 amide bonds. The normalized spacial score (nSPS) is 28.6. The lowest BCUT2D eigenvalue weighted by atomic mass is 10.1. The molecule has 1 aliphatic rings. The molecule has 0 aliphatic carbocycles. The molecule has 0 aromatic rings. The highest BCUT2D eigenvalue weighted by molar-refractivity contribution is 8.00. The lowest BCUT2D eigenvalue weighted by molar-refractivity contribution is 0.493. The van der Waals surface area contributed by atoms with E-state index in [0.717, 1.165) is 5.92 Å². The second-order valence-electron chi connectivity index (χ2n) is 4.76. The van der Waals surface area contributed by atoms with Gasteiger partial charge in [-0.2, -0.15) is 11.8 Å². The third-order valence-corrected chi connectivity index (χ3v) is 4.24.